The predicted molar refractivity (Wildman–Crippen MR) is 272 cm³/mol. The highest BCUT2D eigenvalue weighted by Crippen LogP contribution is 2.47. The molecule has 0 atom stereocenters. The van der Waals surface area contributed by atoms with Gasteiger partial charge in [-0.25, -0.2) is 9.97 Å². The Bertz CT molecular complexity index is 3840. The summed E-state index contributed by atoms with van der Waals surface area (Å²) in [7, 11) is 0. The van der Waals surface area contributed by atoms with Crippen LogP contribution in [0.15, 0.2) is 239 Å². The first-order valence-electron chi connectivity index (χ1n) is 22.3. The Labute approximate surface area is 380 Å². The molecule has 308 valence electrons. The molecule has 66 heavy (non-hydrogen) atoms. The van der Waals surface area contributed by atoms with Crippen LogP contribution < -0.4 is 0 Å². The Kier molecular flexibility index (Phi) is 8.81. The molecule has 0 bridgehead atoms. The summed E-state index contributed by atoms with van der Waals surface area (Å²) >= 11 is 0. The van der Waals surface area contributed by atoms with Crippen molar-refractivity contribution in [3.63, 3.8) is 0 Å². The number of nitrogens with zero attached hydrogens (tertiary/aromatic N) is 2. The molecule has 0 fully saturated rings. The third-order valence-electron chi connectivity index (χ3n) is 12.9. The number of para-hydroxylation sites is 4. The van der Waals surface area contributed by atoms with Gasteiger partial charge in [0.1, 0.15) is 22.3 Å². The van der Waals surface area contributed by atoms with Gasteiger partial charge in [-0.3, -0.25) is 0 Å². The molecule has 0 amide bonds. The van der Waals surface area contributed by atoms with E-state index in [9.17, 15) is 0 Å². The van der Waals surface area contributed by atoms with E-state index in [1.807, 2.05) is 24.3 Å². The summed E-state index contributed by atoms with van der Waals surface area (Å²) in [5.41, 5.74) is 16.1. The molecule has 10 aromatic carbocycles. The molecule has 0 spiro atoms. The Morgan fingerprint density at radius 2 is 0.712 bits per heavy atom. The van der Waals surface area contributed by atoms with Gasteiger partial charge in [-0.1, -0.05) is 188 Å². The molecule has 0 saturated heterocycles. The van der Waals surface area contributed by atoms with E-state index in [2.05, 4.69) is 206 Å². The van der Waals surface area contributed by atoms with Crippen LogP contribution in [0.1, 0.15) is 0 Å². The van der Waals surface area contributed by atoms with E-state index in [1.54, 1.807) is 0 Å². The van der Waals surface area contributed by atoms with E-state index in [1.165, 1.54) is 5.56 Å². The molecule has 13 aromatic rings. The number of benzene rings is 10. The molecule has 0 unspecified atom stereocenters. The zero-order chi connectivity index (χ0) is 43.6. The first-order chi connectivity index (χ1) is 32.7. The number of furan rings is 2. The Hall–Kier alpha value is -8.86. The van der Waals surface area contributed by atoms with Crippen molar-refractivity contribution >= 4 is 54.6 Å². The molecule has 4 heteroatoms. The number of hydrogen-bond donors (Lipinski definition) is 0. The molecular formula is C62H38N2O2. The van der Waals surface area contributed by atoms with Gasteiger partial charge in [0.05, 0.1) is 11.4 Å². The minimum Gasteiger partial charge on any atom is -0.455 e. The van der Waals surface area contributed by atoms with Gasteiger partial charge in [0.15, 0.2) is 5.82 Å². The standard InChI is InChI=1S/C62H38N2O2/c1-3-16-39(17-4-1)41-32-34-43(35-33-41)53-36-44(40-18-5-2-6-19-40)37-54(46-25-13-21-42-20-7-8-22-45(42)46)59(53)62-63-55(51-28-14-26-49-47-23-9-11-30-57(47)65-60(49)51)38-56(64-62)52-29-15-27-50-48-24-10-12-31-58(48)66-61(50)52/h1-38H. The number of rotatable bonds is 7. The first-order valence-corrected chi connectivity index (χ1v) is 22.3. The second kappa shape index (κ2) is 15.4. The fourth-order valence-corrected chi connectivity index (χ4v) is 9.79. The number of fused-ring (bicyclic) bond motifs is 7. The maximum atomic E-state index is 6.71. The lowest BCUT2D eigenvalue weighted by molar-refractivity contribution is 0.669. The molecule has 0 N–H and O–H groups in total. The van der Waals surface area contributed by atoms with Crippen molar-refractivity contribution in [1.29, 1.82) is 0 Å². The van der Waals surface area contributed by atoms with Crippen LogP contribution in [0.25, 0.3) is 133 Å². The summed E-state index contributed by atoms with van der Waals surface area (Å²) in [4.78, 5) is 11.3. The molecule has 0 saturated carbocycles. The summed E-state index contributed by atoms with van der Waals surface area (Å²) in [5.74, 6) is 0.591. The maximum absolute atomic E-state index is 6.71. The van der Waals surface area contributed by atoms with Gasteiger partial charge in [-0.2, -0.15) is 0 Å². The third kappa shape index (κ3) is 6.30. The molecule has 4 nitrogen and oxygen atoms in total. The van der Waals surface area contributed by atoms with Crippen LogP contribution >= 0.6 is 0 Å². The lowest BCUT2D eigenvalue weighted by Crippen LogP contribution is -2.01. The van der Waals surface area contributed by atoms with Gasteiger partial charge in [-0.15, -0.1) is 0 Å². The SMILES string of the molecule is c1ccc(-c2ccc(-c3cc(-c4ccccc4)cc(-c4cccc5ccccc45)c3-c3nc(-c4cccc5c4oc4ccccc45)cc(-c4cccc5c4oc4ccccc45)n3)cc2)cc1. The minimum atomic E-state index is 0.591. The second-order valence-electron chi connectivity index (χ2n) is 16.8. The van der Waals surface area contributed by atoms with Gasteiger partial charge in [0, 0.05) is 38.2 Å². The highest BCUT2D eigenvalue weighted by Gasteiger charge is 2.24. The zero-order valence-electron chi connectivity index (χ0n) is 35.7. The quantitative estimate of drug-likeness (QED) is 0.160. The van der Waals surface area contributed by atoms with Crippen LogP contribution in [0.3, 0.4) is 0 Å². The fourth-order valence-electron chi connectivity index (χ4n) is 9.79. The lowest BCUT2D eigenvalue weighted by Gasteiger charge is -2.20. The van der Waals surface area contributed by atoms with E-state index in [0.717, 1.165) is 122 Å². The lowest BCUT2D eigenvalue weighted by atomic mass is 9.85. The van der Waals surface area contributed by atoms with Crippen molar-refractivity contribution in [3.8, 4) is 78.4 Å². The summed E-state index contributed by atoms with van der Waals surface area (Å²) in [6.07, 6.45) is 0. The van der Waals surface area contributed by atoms with E-state index >= 15 is 0 Å². The molecular weight excluding hydrogens is 805 g/mol. The van der Waals surface area contributed by atoms with E-state index in [4.69, 9.17) is 18.8 Å². The van der Waals surface area contributed by atoms with Crippen molar-refractivity contribution in [1.82, 2.24) is 9.97 Å². The van der Waals surface area contributed by atoms with Crippen molar-refractivity contribution in [2.75, 3.05) is 0 Å². The van der Waals surface area contributed by atoms with Gasteiger partial charge in [0.2, 0.25) is 0 Å². The third-order valence-corrected chi connectivity index (χ3v) is 12.9. The van der Waals surface area contributed by atoms with Crippen molar-refractivity contribution in [2.45, 2.75) is 0 Å². The fraction of sp³-hybridized carbons (Fsp3) is 0. The molecule has 3 heterocycles. The Morgan fingerprint density at radius 3 is 1.33 bits per heavy atom. The van der Waals surface area contributed by atoms with Crippen LogP contribution in [-0.2, 0) is 0 Å². The predicted octanol–water partition coefficient (Wildman–Crippen LogP) is 17.1. The average Bonchev–Trinajstić information content (AvgIpc) is 3.97. The van der Waals surface area contributed by atoms with E-state index < -0.39 is 0 Å². The number of aromatic nitrogens is 2. The van der Waals surface area contributed by atoms with E-state index in [-0.39, 0.29) is 0 Å². The average molecular weight is 843 g/mol. The van der Waals surface area contributed by atoms with Crippen LogP contribution in [0.2, 0.25) is 0 Å². The Morgan fingerprint density at radius 1 is 0.273 bits per heavy atom. The van der Waals surface area contributed by atoms with Crippen molar-refractivity contribution in [2.24, 2.45) is 0 Å². The summed E-state index contributed by atoms with van der Waals surface area (Å²) in [5, 5.41) is 6.49. The largest absolute Gasteiger partial charge is 0.455 e. The molecule has 0 aliphatic rings. The van der Waals surface area contributed by atoms with Crippen LogP contribution in [0.4, 0.5) is 0 Å². The van der Waals surface area contributed by atoms with Gasteiger partial charge >= 0.3 is 0 Å². The highest BCUT2D eigenvalue weighted by molar-refractivity contribution is 6.12. The highest BCUT2D eigenvalue weighted by atomic mass is 16.3. The molecule has 0 aliphatic carbocycles. The summed E-state index contributed by atoms with van der Waals surface area (Å²) in [6, 6.07) is 81.1. The van der Waals surface area contributed by atoms with Gasteiger partial charge in [-0.05, 0) is 97.7 Å². The maximum Gasteiger partial charge on any atom is 0.161 e. The monoisotopic (exact) mass is 842 g/mol. The molecule has 0 aliphatic heterocycles. The van der Waals surface area contributed by atoms with Crippen LogP contribution in [0, 0.1) is 0 Å². The minimum absolute atomic E-state index is 0.591. The molecule has 0 radical (unpaired) electrons. The van der Waals surface area contributed by atoms with Crippen LogP contribution in [0.5, 0.6) is 0 Å². The molecule has 13 rings (SSSR count). The van der Waals surface area contributed by atoms with Crippen molar-refractivity contribution in [3.05, 3.63) is 231 Å². The topological polar surface area (TPSA) is 52.1 Å². The van der Waals surface area contributed by atoms with Crippen LogP contribution in [-0.4, -0.2) is 9.97 Å². The second-order valence-corrected chi connectivity index (χ2v) is 16.8. The van der Waals surface area contributed by atoms with E-state index in [0.29, 0.717) is 5.82 Å². The Balaban J connectivity index is 1.16. The van der Waals surface area contributed by atoms with Gasteiger partial charge < -0.3 is 8.83 Å². The normalized spacial score (nSPS) is 11.6. The summed E-state index contributed by atoms with van der Waals surface area (Å²) in [6.45, 7) is 0. The molecule has 3 aromatic heterocycles. The van der Waals surface area contributed by atoms with Crippen molar-refractivity contribution < 1.29 is 8.83 Å². The first kappa shape index (κ1) is 37.7. The van der Waals surface area contributed by atoms with Gasteiger partial charge in [0.25, 0.3) is 0 Å². The number of hydrogen-bond acceptors (Lipinski definition) is 4. The zero-order valence-corrected chi connectivity index (χ0v) is 35.7. The smallest absolute Gasteiger partial charge is 0.161 e. The summed E-state index contributed by atoms with van der Waals surface area (Å²) < 4.78 is 13.4.